The zero-order chi connectivity index (χ0) is 13.1. The van der Waals surface area contributed by atoms with Gasteiger partial charge in [-0.05, 0) is 45.3 Å². The number of hydrogen-bond donors (Lipinski definition) is 0. The molecule has 2 atom stereocenters. The fourth-order valence-electron chi connectivity index (χ4n) is 1.55. The summed E-state index contributed by atoms with van der Waals surface area (Å²) in [6.45, 7) is 7.12. The highest BCUT2D eigenvalue weighted by molar-refractivity contribution is 7.75. The summed E-state index contributed by atoms with van der Waals surface area (Å²) in [5.74, 6) is 0.425. The van der Waals surface area contributed by atoms with Gasteiger partial charge in [0, 0.05) is 0 Å². The van der Waals surface area contributed by atoms with Crippen molar-refractivity contribution in [1.82, 2.24) is 4.90 Å². The fourth-order valence-corrected chi connectivity index (χ4v) is 1.99. The summed E-state index contributed by atoms with van der Waals surface area (Å²) in [7, 11) is 3.54. The Bertz CT molecular complexity index is 202. The second-order valence-corrected chi connectivity index (χ2v) is 5.54. The summed E-state index contributed by atoms with van der Waals surface area (Å²) < 4.78 is 20.4. The van der Waals surface area contributed by atoms with E-state index in [2.05, 4.69) is 30.0 Å². The van der Waals surface area contributed by atoms with Gasteiger partial charge in [0.05, 0.1) is 13.7 Å². The standard InChI is InChI=1S/C12H27NO3S/c1-5-6-9-13(3)10-7-8-12(2)11-16-17(14)15-4/h12H,5-11H2,1-4H3/t12-,17?/m1/s1. The molecule has 0 aliphatic heterocycles. The van der Waals surface area contributed by atoms with Crippen LogP contribution in [0, 0.1) is 5.92 Å². The first-order valence-corrected chi connectivity index (χ1v) is 7.38. The predicted octanol–water partition coefficient (Wildman–Crippen LogP) is 2.38. The number of unbranched alkanes of at least 4 members (excludes halogenated alkanes) is 1. The van der Waals surface area contributed by atoms with Crippen LogP contribution in [0.25, 0.3) is 0 Å². The lowest BCUT2D eigenvalue weighted by Gasteiger charge is -2.17. The van der Waals surface area contributed by atoms with Gasteiger partial charge in [0.1, 0.15) is 0 Å². The van der Waals surface area contributed by atoms with Gasteiger partial charge in [0.15, 0.2) is 0 Å². The van der Waals surface area contributed by atoms with Crippen LogP contribution in [0.5, 0.6) is 0 Å². The van der Waals surface area contributed by atoms with E-state index in [-0.39, 0.29) is 0 Å². The Labute approximate surface area is 109 Å². The van der Waals surface area contributed by atoms with Gasteiger partial charge in [-0.25, -0.2) is 0 Å². The minimum atomic E-state index is -1.58. The van der Waals surface area contributed by atoms with Gasteiger partial charge in [-0.1, -0.05) is 20.3 Å². The largest absolute Gasteiger partial charge is 0.306 e. The van der Waals surface area contributed by atoms with Gasteiger partial charge < -0.3 is 4.90 Å². The van der Waals surface area contributed by atoms with E-state index in [9.17, 15) is 4.21 Å². The van der Waals surface area contributed by atoms with Crippen LogP contribution in [0.2, 0.25) is 0 Å². The highest BCUT2D eigenvalue weighted by atomic mass is 32.2. The minimum absolute atomic E-state index is 0.425. The lowest BCUT2D eigenvalue weighted by Crippen LogP contribution is -2.21. The molecule has 17 heavy (non-hydrogen) atoms. The molecule has 0 aliphatic carbocycles. The molecule has 0 bridgehead atoms. The third kappa shape index (κ3) is 10.9. The Kier molecular flexibility index (Phi) is 11.2. The van der Waals surface area contributed by atoms with Crippen molar-refractivity contribution in [3.8, 4) is 0 Å². The highest BCUT2D eigenvalue weighted by Gasteiger charge is 2.06. The Morgan fingerprint density at radius 3 is 2.53 bits per heavy atom. The smallest absolute Gasteiger partial charge is 0.304 e. The van der Waals surface area contributed by atoms with Crippen LogP contribution in [-0.4, -0.2) is 43.0 Å². The molecule has 0 amide bonds. The molecule has 0 heterocycles. The molecule has 4 nitrogen and oxygen atoms in total. The molecule has 0 rings (SSSR count). The molecule has 0 N–H and O–H groups in total. The summed E-state index contributed by atoms with van der Waals surface area (Å²) in [6, 6.07) is 0. The van der Waals surface area contributed by atoms with Crippen molar-refractivity contribution in [1.29, 1.82) is 0 Å². The Balaban J connectivity index is 3.43. The molecule has 0 aromatic rings. The summed E-state index contributed by atoms with van der Waals surface area (Å²) >= 11 is -1.58. The molecule has 1 unspecified atom stereocenters. The molecule has 5 heteroatoms. The van der Waals surface area contributed by atoms with Crippen molar-refractivity contribution < 1.29 is 12.6 Å². The van der Waals surface area contributed by atoms with E-state index in [1.165, 1.54) is 26.5 Å². The van der Waals surface area contributed by atoms with Gasteiger partial charge >= 0.3 is 11.4 Å². The molecule has 0 aliphatic rings. The van der Waals surface area contributed by atoms with Crippen molar-refractivity contribution in [2.24, 2.45) is 5.92 Å². The predicted molar refractivity (Wildman–Crippen MR) is 71.9 cm³/mol. The van der Waals surface area contributed by atoms with E-state index in [0.29, 0.717) is 12.5 Å². The van der Waals surface area contributed by atoms with E-state index in [1.807, 2.05) is 0 Å². The topological polar surface area (TPSA) is 38.8 Å². The van der Waals surface area contributed by atoms with Crippen molar-refractivity contribution in [2.45, 2.75) is 39.5 Å². The van der Waals surface area contributed by atoms with Gasteiger partial charge in [-0.3, -0.25) is 8.37 Å². The number of hydrogen-bond acceptors (Lipinski definition) is 4. The SMILES string of the molecule is CCCCN(C)CCC[C@@H](C)COS(=O)OC. The van der Waals surface area contributed by atoms with E-state index >= 15 is 0 Å². The Hall–Kier alpha value is 0.0300. The number of rotatable bonds is 11. The van der Waals surface area contributed by atoms with Gasteiger partial charge in [0.2, 0.25) is 0 Å². The zero-order valence-corrected chi connectivity index (χ0v) is 12.4. The van der Waals surface area contributed by atoms with Crippen LogP contribution in [0.4, 0.5) is 0 Å². The average molecular weight is 265 g/mol. The molecule has 0 spiro atoms. The van der Waals surface area contributed by atoms with Crippen LogP contribution >= 0.6 is 0 Å². The summed E-state index contributed by atoms with van der Waals surface area (Å²) in [5.41, 5.74) is 0. The van der Waals surface area contributed by atoms with Crippen molar-refractivity contribution >= 4 is 11.4 Å². The van der Waals surface area contributed by atoms with Crippen molar-refractivity contribution in [2.75, 3.05) is 33.9 Å². The highest BCUT2D eigenvalue weighted by Crippen LogP contribution is 2.08. The first-order chi connectivity index (χ1) is 8.10. The van der Waals surface area contributed by atoms with E-state index in [0.717, 1.165) is 19.4 Å². The molecular weight excluding hydrogens is 238 g/mol. The normalized spacial score (nSPS) is 15.1. The second kappa shape index (κ2) is 11.1. The van der Waals surface area contributed by atoms with Crippen LogP contribution < -0.4 is 0 Å². The van der Waals surface area contributed by atoms with Crippen LogP contribution in [-0.2, 0) is 19.7 Å². The first kappa shape index (κ1) is 17.0. The zero-order valence-electron chi connectivity index (χ0n) is 11.6. The monoisotopic (exact) mass is 265 g/mol. The third-order valence-electron chi connectivity index (χ3n) is 2.72. The summed E-state index contributed by atoms with van der Waals surface area (Å²) in [6.07, 6.45) is 4.77. The minimum Gasteiger partial charge on any atom is -0.306 e. The van der Waals surface area contributed by atoms with Gasteiger partial charge in [-0.15, -0.1) is 0 Å². The maximum absolute atomic E-state index is 10.9. The van der Waals surface area contributed by atoms with E-state index in [4.69, 9.17) is 4.18 Å². The van der Waals surface area contributed by atoms with Gasteiger partial charge in [-0.2, -0.15) is 4.21 Å². The maximum atomic E-state index is 10.9. The molecule has 104 valence electrons. The molecule has 0 aromatic heterocycles. The summed E-state index contributed by atoms with van der Waals surface area (Å²) in [5, 5.41) is 0. The van der Waals surface area contributed by atoms with Crippen LogP contribution in [0.1, 0.15) is 39.5 Å². The quantitative estimate of drug-likeness (QED) is 0.575. The third-order valence-corrected chi connectivity index (χ3v) is 3.32. The van der Waals surface area contributed by atoms with E-state index in [1.54, 1.807) is 0 Å². The summed E-state index contributed by atoms with van der Waals surface area (Å²) in [4.78, 5) is 2.37. The van der Waals surface area contributed by atoms with Crippen molar-refractivity contribution in [3.63, 3.8) is 0 Å². The lowest BCUT2D eigenvalue weighted by atomic mass is 10.1. The molecule has 0 saturated carbocycles. The Morgan fingerprint density at radius 2 is 1.94 bits per heavy atom. The maximum Gasteiger partial charge on any atom is 0.304 e. The van der Waals surface area contributed by atoms with Crippen LogP contribution in [0.15, 0.2) is 0 Å². The number of nitrogens with zero attached hydrogens (tertiary/aromatic N) is 1. The molecule has 0 saturated heterocycles. The molecule has 0 radical (unpaired) electrons. The van der Waals surface area contributed by atoms with Gasteiger partial charge in [0.25, 0.3) is 0 Å². The fraction of sp³-hybridized carbons (Fsp3) is 1.00. The molecular formula is C12H27NO3S. The van der Waals surface area contributed by atoms with E-state index < -0.39 is 11.4 Å². The molecule has 0 aromatic carbocycles. The Morgan fingerprint density at radius 1 is 1.29 bits per heavy atom. The second-order valence-electron chi connectivity index (χ2n) is 4.56. The average Bonchev–Trinajstić information content (AvgIpc) is 2.33. The first-order valence-electron chi connectivity index (χ1n) is 6.38. The lowest BCUT2D eigenvalue weighted by molar-refractivity contribution is 0.228. The van der Waals surface area contributed by atoms with Crippen molar-refractivity contribution in [3.05, 3.63) is 0 Å². The molecule has 0 fully saturated rings. The van der Waals surface area contributed by atoms with Crippen LogP contribution in [0.3, 0.4) is 0 Å².